The Balaban J connectivity index is 2.46. The fraction of sp³-hybridized carbons (Fsp3) is 0.500. The van der Waals surface area contributed by atoms with Gasteiger partial charge in [-0.1, -0.05) is 6.07 Å². The molecule has 0 aliphatic carbocycles. The van der Waals surface area contributed by atoms with Crippen molar-refractivity contribution in [3.05, 3.63) is 29.3 Å². The predicted octanol–water partition coefficient (Wildman–Crippen LogP) is 0.841. The van der Waals surface area contributed by atoms with E-state index in [0.29, 0.717) is 32.1 Å². The second kappa shape index (κ2) is 7.22. The number of nitrogens with two attached hydrogens (primary N) is 1. The lowest BCUT2D eigenvalue weighted by Crippen LogP contribution is -2.13. The van der Waals surface area contributed by atoms with Crippen molar-refractivity contribution in [3.8, 4) is 5.75 Å². The second-order valence-corrected chi connectivity index (χ2v) is 3.39. The molecule has 4 heteroatoms. The molecule has 16 heavy (non-hydrogen) atoms. The number of aryl methyl sites for hydroxylation is 1. The molecule has 0 aliphatic heterocycles. The highest BCUT2D eigenvalue weighted by molar-refractivity contribution is 5.33. The SMILES string of the molecule is [2H]Cc1cc(CO)cc(OCCOCCN)c1. The van der Waals surface area contributed by atoms with Crippen LogP contribution in [0.1, 0.15) is 12.5 Å². The number of aliphatic hydroxyl groups is 1. The maximum Gasteiger partial charge on any atom is 0.120 e. The predicted molar refractivity (Wildman–Crippen MR) is 62.5 cm³/mol. The summed E-state index contributed by atoms with van der Waals surface area (Å²) in [6.07, 6.45) is 0. The average Bonchev–Trinajstić information content (AvgIpc) is 2.38. The molecule has 0 spiro atoms. The van der Waals surface area contributed by atoms with E-state index in [4.69, 9.17) is 21.7 Å². The highest BCUT2D eigenvalue weighted by atomic mass is 16.5. The van der Waals surface area contributed by atoms with Crippen molar-refractivity contribution >= 4 is 0 Å². The fourth-order valence-corrected chi connectivity index (χ4v) is 1.31. The average molecular weight is 226 g/mol. The first kappa shape index (κ1) is 11.4. The van der Waals surface area contributed by atoms with Crippen LogP contribution in [0.2, 0.25) is 0 Å². The molecule has 0 fully saturated rings. The molecule has 0 aliphatic rings. The molecular weight excluding hydrogens is 206 g/mol. The molecule has 0 aromatic heterocycles. The molecule has 0 amide bonds. The first-order valence-corrected chi connectivity index (χ1v) is 5.23. The normalized spacial score (nSPS) is 11.2. The van der Waals surface area contributed by atoms with E-state index in [0.717, 1.165) is 11.1 Å². The van der Waals surface area contributed by atoms with Gasteiger partial charge in [0.2, 0.25) is 0 Å². The molecule has 1 aromatic rings. The number of hydrogen-bond acceptors (Lipinski definition) is 4. The highest BCUT2D eigenvalue weighted by Gasteiger charge is 1.99. The Labute approximate surface area is 97.4 Å². The smallest absolute Gasteiger partial charge is 0.120 e. The van der Waals surface area contributed by atoms with Gasteiger partial charge in [-0.25, -0.2) is 0 Å². The maximum absolute atomic E-state index is 9.07. The van der Waals surface area contributed by atoms with E-state index in [-0.39, 0.29) is 13.5 Å². The summed E-state index contributed by atoms with van der Waals surface area (Å²) in [5, 5.41) is 9.07. The van der Waals surface area contributed by atoms with Gasteiger partial charge in [-0.2, -0.15) is 0 Å². The maximum atomic E-state index is 9.07. The Morgan fingerprint density at radius 1 is 1.31 bits per heavy atom. The van der Waals surface area contributed by atoms with Gasteiger partial charge in [0, 0.05) is 7.92 Å². The summed E-state index contributed by atoms with van der Waals surface area (Å²) in [5.74, 6) is 0.662. The third-order valence-corrected chi connectivity index (χ3v) is 1.97. The number of ether oxygens (including phenoxy) is 2. The minimum Gasteiger partial charge on any atom is -0.491 e. The van der Waals surface area contributed by atoms with Gasteiger partial charge in [0.1, 0.15) is 12.4 Å². The van der Waals surface area contributed by atoms with E-state index in [1.165, 1.54) is 0 Å². The van der Waals surface area contributed by atoms with Crippen LogP contribution in [0.15, 0.2) is 18.2 Å². The minimum atomic E-state index is -0.0477. The Morgan fingerprint density at radius 3 is 2.88 bits per heavy atom. The van der Waals surface area contributed by atoms with Gasteiger partial charge < -0.3 is 20.3 Å². The summed E-state index contributed by atoms with van der Waals surface area (Å²) in [6, 6.07) is 5.36. The lowest BCUT2D eigenvalue weighted by Gasteiger charge is -2.09. The molecule has 0 bridgehead atoms. The second-order valence-electron chi connectivity index (χ2n) is 3.39. The van der Waals surface area contributed by atoms with Crippen molar-refractivity contribution in [2.24, 2.45) is 5.73 Å². The number of rotatable bonds is 7. The Kier molecular flexibility index (Phi) is 5.14. The molecule has 1 rings (SSSR count). The van der Waals surface area contributed by atoms with Gasteiger partial charge in [0.15, 0.2) is 0 Å². The zero-order chi connectivity index (χ0) is 12.5. The van der Waals surface area contributed by atoms with Crippen LogP contribution >= 0.6 is 0 Å². The first-order chi connectivity index (χ1) is 8.30. The molecule has 0 atom stereocenters. The molecule has 90 valence electrons. The van der Waals surface area contributed by atoms with E-state index < -0.39 is 0 Å². The van der Waals surface area contributed by atoms with Gasteiger partial charge in [0.05, 0.1) is 19.8 Å². The summed E-state index contributed by atoms with van der Waals surface area (Å²) >= 11 is 0. The van der Waals surface area contributed by atoms with Crippen LogP contribution in [-0.2, 0) is 11.3 Å². The molecule has 0 unspecified atom stereocenters. The standard InChI is InChI=1S/C12H19NO3/c1-10-6-11(9-14)8-12(7-10)16-5-4-15-3-2-13/h6-8,14H,2-5,9,13H2,1H3/i1D. The first-order valence-electron chi connectivity index (χ1n) is 5.94. The Hall–Kier alpha value is -1.10. The summed E-state index contributed by atoms with van der Waals surface area (Å²) in [7, 11) is 0. The van der Waals surface area contributed by atoms with Crippen molar-refractivity contribution in [3.63, 3.8) is 0 Å². The highest BCUT2D eigenvalue weighted by Crippen LogP contribution is 2.16. The summed E-state index contributed by atoms with van der Waals surface area (Å²) in [6.45, 7) is 2.08. The molecular formula is C12H19NO3. The van der Waals surface area contributed by atoms with Gasteiger partial charge in [0.25, 0.3) is 0 Å². The fourth-order valence-electron chi connectivity index (χ4n) is 1.31. The van der Waals surface area contributed by atoms with Crippen LogP contribution in [0.4, 0.5) is 0 Å². The van der Waals surface area contributed by atoms with E-state index in [1.807, 2.05) is 0 Å². The van der Waals surface area contributed by atoms with Crippen molar-refractivity contribution in [1.29, 1.82) is 0 Å². The van der Waals surface area contributed by atoms with Crippen LogP contribution in [-0.4, -0.2) is 31.5 Å². The third kappa shape index (κ3) is 4.61. The van der Waals surface area contributed by atoms with Gasteiger partial charge in [-0.05, 0) is 30.2 Å². The van der Waals surface area contributed by atoms with Gasteiger partial charge in [-0.15, -0.1) is 0 Å². The van der Waals surface area contributed by atoms with Crippen LogP contribution in [0.3, 0.4) is 0 Å². The lowest BCUT2D eigenvalue weighted by atomic mass is 10.1. The van der Waals surface area contributed by atoms with Crippen molar-refractivity contribution in [2.45, 2.75) is 13.5 Å². The molecule has 0 radical (unpaired) electrons. The van der Waals surface area contributed by atoms with Crippen LogP contribution in [0.25, 0.3) is 0 Å². The largest absolute Gasteiger partial charge is 0.491 e. The third-order valence-electron chi connectivity index (χ3n) is 1.97. The molecule has 0 saturated carbocycles. The number of benzene rings is 1. The summed E-state index contributed by atoms with van der Waals surface area (Å²) in [4.78, 5) is 0. The van der Waals surface area contributed by atoms with E-state index in [2.05, 4.69) is 0 Å². The van der Waals surface area contributed by atoms with Crippen molar-refractivity contribution in [2.75, 3.05) is 26.4 Å². The zero-order valence-corrected chi connectivity index (χ0v) is 9.32. The van der Waals surface area contributed by atoms with Crippen molar-refractivity contribution in [1.82, 2.24) is 0 Å². The van der Waals surface area contributed by atoms with E-state index >= 15 is 0 Å². The quantitative estimate of drug-likeness (QED) is 0.676. The molecule has 0 heterocycles. The van der Waals surface area contributed by atoms with Crippen molar-refractivity contribution < 1.29 is 16.0 Å². The number of hydrogen-bond donors (Lipinski definition) is 2. The van der Waals surface area contributed by atoms with E-state index in [1.54, 1.807) is 18.2 Å². The van der Waals surface area contributed by atoms with Gasteiger partial charge >= 0.3 is 0 Å². The molecule has 4 nitrogen and oxygen atoms in total. The minimum absolute atomic E-state index is 0.0477. The van der Waals surface area contributed by atoms with Crippen LogP contribution in [0, 0.1) is 6.90 Å². The summed E-state index contributed by atoms with van der Waals surface area (Å²) in [5.41, 5.74) is 6.87. The molecule has 0 saturated heterocycles. The zero-order valence-electron chi connectivity index (χ0n) is 10.3. The summed E-state index contributed by atoms with van der Waals surface area (Å²) < 4.78 is 18.0. The number of aliphatic hydroxyl groups excluding tert-OH is 1. The Bertz CT molecular complexity index is 311. The lowest BCUT2D eigenvalue weighted by molar-refractivity contribution is 0.106. The van der Waals surface area contributed by atoms with Crippen LogP contribution in [0.5, 0.6) is 5.75 Å². The van der Waals surface area contributed by atoms with E-state index in [9.17, 15) is 0 Å². The van der Waals surface area contributed by atoms with Gasteiger partial charge in [-0.3, -0.25) is 0 Å². The molecule has 3 N–H and O–H groups in total. The topological polar surface area (TPSA) is 64.7 Å². The van der Waals surface area contributed by atoms with Crippen LogP contribution < -0.4 is 10.5 Å². The molecule has 1 aromatic carbocycles. The monoisotopic (exact) mass is 226 g/mol. The Morgan fingerprint density at radius 2 is 2.19 bits per heavy atom.